The first-order valence-corrected chi connectivity index (χ1v) is 10.7. The predicted octanol–water partition coefficient (Wildman–Crippen LogP) is 2.88. The number of nitrogens with zero attached hydrogens (tertiary/aromatic N) is 4. The molecule has 0 unspecified atom stereocenters. The Morgan fingerprint density at radius 3 is 2.39 bits per heavy atom. The highest BCUT2D eigenvalue weighted by Crippen LogP contribution is 2.29. The number of carboxylic acids is 1. The molecule has 16 heteroatoms. The zero-order valence-electron chi connectivity index (χ0n) is 18.4. The summed E-state index contributed by atoms with van der Waals surface area (Å²) in [6.07, 6.45) is -4.24. The van der Waals surface area contributed by atoms with Crippen LogP contribution in [0.25, 0.3) is 10.4 Å². The van der Waals surface area contributed by atoms with Crippen molar-refractivity contribution in [3.05, 3.63) is 73.9 Å². The largest absolute Gasteiger partial charge is 0.490 e. The number of aryl methyl sites for hydroxylation is 1. The number of halogens is 6. The topological polar surface area (TPSA) is 125 Å². The molecule has 0 aliphatic carbocycles. The molecule has 0 atom stereocenters. The Kier molecular flexibility index (Phi) is 9.41. The monoisotopic (exact) mass is 539 g/mol. The number of thiophene rings is 1. The second-order valence-electron chi connectivity index (χ2n) is 6.96. The van der Waals surface area contributed by atoms with Gasteiger partial charge in [0.15, 0.2) is 0 Å². The maximum atomic E-state index is 14.4. The smallest absolute Gasteiger partial charge is 0.475 e. The van der Waals surface area contributed by atoms with Crippen molar-refractivity contribution in [2.75, 3.05) is 6.54 Å². The molecule has 3 heterocycles. The summed E-state index contributed by atoms with van der Waals surface area (Å²) in [5, 5.41) is 10.9. The zero-order chi connectivity index (χ0) is 27.2. The lowest BCUT2D eigenvalue weighted by Crippen LogP contribution is -2.27. The van der Waals surface area contributed by atoms with E-state index in [1.54, 1.807) is 18.3 Å². The van der Waals surface area contributed by atoms with Crippen LogP contribution in [0.2, 0.25) is 0 Å². The molecule has 0 amide bonds. The maximum Gasteiger partial charge on any atom is 0.490 e. The fourth-order valence-electron chi connectivity index (χ4n) is 2.75. The van der Waals surface area contributed by atoms with Gasteiger partial charge < -0.3 is 15.4 Å². The molecule has 0 aromatic carbocycles. The van der Waals surface area contributed by atoms with Crippen molar-refractivity contribution >= 4 is 17.3 Å². The highest BCUT2D eigenvalue weighted by molar-refractivity contribution is 7.15. The van der Waals surface area contributed by atoms with Crippen molar-refractivity contribution < 1.29 is 36.2 Å². The Morgan fingerprint density at radius 2 is 1.86 bits per heavy atom. The Bertz CT molecular complexity index is 1370. The van der Waals surface area contributed by atoms with E-state index in [0.29, 0.717) is 17.0 Å². The molecule has 9 nitrogen and oxygen atoms in total. The summed E-state index contributed by atoms with van der Waals surface area (Å²) in [5.74, 6) is -3.32. The Morgan fingerprint density at radius 1 is 1.22 bits per heavy atom. The lowest BCUT2D eigenvalue weighted by Gasteiger charge is -2.03. The molecule has 0 radical (unpaired) electrons. The van der Waals surface area contributed by atoms with Gasteiger partial charge in [-0.3, -0.25) is 9.36 Å². The van der Waals surface area contributed by atoms with Crippen LogP contribution in [0.1, 0.15) is 11.8 Å². The summed E-state index contributed by atoms with van der Waals surface area (Å²) in [7, 11) is 0. The zero-order valence-corrected chi connectivity index (χ0v) is 19.2. The molecule has 0 aliphatic heterocycles. The average Bonchev–Trinajstić information content (AvgIpc) is 3.34. The SMILES string of the molecule is CCn1cccc(-c2cc(F)c(Cn3cnn(CC(CN)=C(F)F)c3=O)s2)c1=O.O=C(O)C(F)(F)F. The van der Waals surface area contributed by atoms with Crippen molar-refractivity contribution in [2.24, 2.45) is 5.73 Å². The maximum absolute atomic E-state index is 14.4. The number of pyridine rings is 1. The molecule has 0 spiro atoms. The molecule has 0 bridgehead atoms. The van der Waals surface area contributed by atoms with Gasteiger partial charge in [-0.25, -0.2) is 18.7 Å². The van der Waals surface area contributed by atoms with Gasteiger partial charge in [-0.15, -0.1) is 11.3 Å². The summed E-state index contributed by atoms with van der Waals surface area (Å²) < 4.78 is 75.1. The van der Waals surface area contributed by atoms with Gasteiger partial charge in [-0.2, -0.15) is 27.1 Å². The minimum absolute atomic E-state index is 0.135. The van der Waals surface area contributed by atoms with Gasteiger partial charge in [-0.05, 0) is 25.1 Å². The molecule has 0 fully saturated rings. The van der Waals surface area contributed by atoms with Gasteiger partial charge in [-0.1, -0.05) is 0 Å². The minimum Gasteiger partial charge on any atom is -0.475 e. The number of hydrogen-bond acceptors (Lipinski definition) is 6. The number of rotatable bonds is 7. The van der Waals surface area contributed by atoms with Crippen LogP contribution >= 0.6 is 11.3 Å². The van der Waals surface area contributed by atoms with Gasteiger partial charge in [0.25, 0.3) is 11.6 Å². The van der Waals surface area contributed by atoms with Gasteiger partial charge in [0.2, 0.25) is 0 Å². The third-order valence-electron chi connectivity index (χ3n) is 4.59. The van der Waals surface area contributed by atoms with Crippen LogP contribution in [0.4, 0.5) is 26.3 Å². The van der Waals surface area contributed by atoms with E-state index in [2.05, 4.69) is 5.10 Å². The molecule has 196 valence electrons. The number of alkyl halides is 3. The highest BCUT2D eigenvalue weighted by atomic mass is 32.1. The number of carboxylic acid groups (broad SMARTS) is 1. The summed E-state index contributed by atoms with van der Waals surface area (Å²) >= 11 is 1.05. The van der Waals surface area contributed by atoms with Crippen LogP contribution in [0.3, 0.4) is 0 Å². The number of nitrogens with two attached hydrogens (primary N) is 1. The molecule has 3 N–H and O–H groups in total. The van der Waals surface area contributed by atoms with E-state index in [-0.39, 0.29) is 17.0 Å². The summed E-state index contributed by atoms with van der Waals surface area (Å²) in [6, 6.07) is 4.57. The second kappa shape index (κ2) is 11.9. The number of aromatic nitrogens is 4. The van der Waals surface area contributed by atoms with Gasteiger partial charge >= 0.3 is 17.8 Å². The normalized spacial score (nSPS) is 11.1. The number of carbonyl (C=O) groups is 1. The highest BCUT2D eigenvalue weighted by Gasteiger charge is 2.38. The van der Waals surface area contributed by atoms with Gasteiger partial charge in [0.1, 0.15) is 12.1 Å². The second-order valence-corrected chi connectivity index (χ2v) is 8.10. The van der Waals surface area contributed by atoms with Crippen LogP contribution in [0.15, 0.2) is 52.0 Å². The van der Waals surface area contributed by atoms with Crippen LogP contribution in [-0.4, -0.2) is 42.7 Å². The summed E-state index contributed by atoms with van der Waals surface area (Å²) in [5.41, 5.74) is 4.31. The quantitative estimate of drug-likeness (QED) is 0.445. The molecule has 3 aromatic rings. The molecule has 0 saturated carbocycles. The number of aliphatic carboxylic acids is 1. The first-order valence-electron chi connectivity index (χ1n) is 9.93. The molecule has 0 saturated heterocycles. The lowest BCUT2D eigenvalue weighted by atomic mass is 10.2. The van der Waals surface area contributed by atoms with Crippen molar-refractivity contribution in [1.29, 1.82) is 0 Å². The van der Waals surface area contributed by atoms with Crippen LogP contribution in [-0.2, 0) is 24.4 Å². The van der Waals surface area contributed by atoms with Crippen molar-refractivity contribution in [3.63, 3.8) is 0 Å². The van der Waals surface area contributed by atoms with E-state index >= 15 is 0 Å². The van der Waals surface area contributed by atoms with Crippen LogP contribution in [0.5, 0.6) is 0 Å². The van der Waals surface area contributed by atoms with E-state index in [4.69, 9.17) is 15.6 Å². The van der Waals surface area contributed by atoms with Crippen LogP contribution in [0, 0.1) is 5.82 Å². The minimum atomic E-state index is -5.08. The molecular formula is C20H19F6N5O4S. The Labute approximate surface area is 202 Å². The summed E-state index contributed by atoms with van der Waals surface area (Å²) in [4.78, 5) is 34.3. The third kappa shape index (κ3) is 6.94. The molecule has 3 rings (SSSR count). The van der Waals surface area contributed by atoms with E-state index in [1.807, 2.05) is 6.92 Å². The van der Waals surface area contributed by atoms with Gasteiger partial charge in [0.05, 0.1) is 23.5 Å². The van der Waals surface area contributed by atoms with Crippen LogP contribution < -0.4 is 17.0 Å². The van der Waals surface area contributed by atoms with E-state index in [1.165, 1.54) is 10.6 Å². The van der Waals surface area contributed by atoms with Gasteiger partial charge in [0, 0.05) is 29.7 Å². The fourth-order valence-corrected chi connectivity index (χ4v) is 3.80. The van der Waals surface area contributed by atoms with Crippen molar-refractivity contribution in [1.82, 2.24) is 18.9 Å². The standard InChI is InChI=1S/C18H18F3N5O2S.C2HF3O2/c1-2-24-5-3-4-12(17(24)27)14-6-13(19)15(29-14)9-25-10-23-26(18(25)28)8-11(7-22)16(20)21;3-2(4,5)1(6)7/h3-6,10H,2,7-9,22H2,1H3;(H,6,7). The molecule has 3 aromatic heterocycles. The number of hydrogen-bond donors (Lipinski definition) is 2. The fraction of sp³-hybridized carbons (Fsp3) is 0.300. The Hall–Kier alpha value is -3.66. The molecule has 36 heavy (non-hydrogen) atoms. The first-order chi connectivity index (χ1) is 16.8. The average molecular weight is 539 g/mol. The van der Waals surface area contributed by atoms with E-state index < -0.39 is 48.4 Å². The molecule has 0 aliphatic rings. The predicted molar refractivity (Wildman–Crippen MR) is 117 cm³/mol. The lowest BCUT2D eigenvalue weighted by molar-refractivity contribution is -0.192. The first kappa shape index (κ1) is 28.6. The Balaban J connectivity index is 0.000000572. The van der Waals surface area contributed by atoms with Crippen molar-refractivity contribution in [3.8, 4) is 10.4 Å². The van der Waals surface area contributed by atoms with E-state index in [9.17, 15) is 35.9 Å². The van der Waals surface area contributed by atoms with Crippen molar-refractivity contribution in [2.45, 2.75) is 32.7 Å². The third-order valence-corrected chi connectivity index (χ3v) is 5.72. The van der Waals surface area contributed by atoms with E-state index in [0.717, 1.165) is 26.9 Å². The summed E-state index contributed by atoms with van der Waals surface area (Å²) in [6.45, 7) is 1.33. The molecular weight excluding hydrogens is 520 g/mol.